The van der Waals surface area contributed by atoms with Crippen LogP contribution in [0.1, 0.15) is 44.2 Å². The average molecular weight is 339 g/mol. The van der Waals surface area contributed by atoms with Crippen molar-refractivity contribution in [1.82, 2.24) is 19.9 Å². The summed E-state index contributed by atoms with van der Waals surface area (Å²) in [6, 6.07) is 1.29. The van der Waals surface area contributed by atoms with Gasteiger partial charge in [-0.3, -0.25) is 0 Å². The summed E-state index contributed by atoms with van der Waals surface area (Å²) in [5.41, 5.74) is -0.238. The summed E-state index contributed by atoms with van der Waals surface area (Å²) in [4.78, 5) is 4.23. The van der Waals surface area contributed by atoms with Gasteiger partial charge in [-0.2, -0.15) is 18.3 Å². The minimum atomic E-state index is -4.45. The van der Waals surface area contributed by atoms with Crippen molar-refractivity contribution in [2.24, 2.45) is 0 Å². The van der Waals surface area contributed by atoms with Crippen molar-refractivity contribution in [3.05, 3.63) is 24.2 Å². The highest BCUT2D eigenvalue weighted by Gasteiger charge is 2.38. The maximum atomic E-state index is 12.9. The number of anilines is 1. The average Bonchev–Trinajstić information content (AvgIpc) is 3.17. The van der Waals surface area contributed by atoms with Gasteiger partial charge in [-0.15, -0.1) is 0 Å². The molecule has 0 radical (unpaired) electrons. The maximum absolute atomic E-state index is 12.9. The van der Waals surface area contributed by atoms with E-state index in [-0.39, 0.29) is 11.6 Å². The van der Waals surface area contributed by atoms with Crippen LogP contribution in [-0.4, -0.2) is 32.7 Å². The highest BCUT2D eigenvalue weighted by Crippen LogP contribution is 2.36. The standard InChI is InChI=1S/C16H20F3N5/c17-16(18,19)13-10-12-14(20-8-9-24(12)23-13)22-11-2-5-15(6-3-11)4-1-7-21-15/h8-11,21H,1-7H2,(H,20,22). The third-order valence-corrected chi connectivity index (χ3v) is 5.30. The van der Waals surface area contributed by atoms with Gasteiger partial charge in [0.2, 0.25) is 0 Å². The number of aromatic nitrogens is 3. The van der Waals surface area contributed by atoms with Crippen LogP contribution in [0.5, 0.6) is 0 Å². The van der Waals surface area contributed by atoms with Gasteiger partial charge in [-0.05, 0) is 45.1 Å². The van der Waals surface area contributed by atoms with Crippen molar-refractivity contribution in [3.8, 4) is 0 Å². The van der Waals surface area contributed by atoms with E-state index in [2.05, 4.69) is 20.7 Å². The number of nitrogens with one attached hydrogen (secondary N) is 2. The van der Waals surface area contributed by atoms with Crippen LogP contribution in [0.4, 0.5) is 19.0 Å². The van der Waals surface area contributed by atoms with Gasteiger partial charge in [-0.25, -0.2) is 9.50 Å². The lowest BCUT2D eigenvalue weighted by atomic mass is 9.78. The summed E-state index contributed by atoms with van der Waals surface area (Å²) in [5, 5.41) is 10.5. The molecule has 1 saturated heterocycles. The molecule has 2 aromatic heterocycles. The molecule has 2 aromatic rings. The molecule has 0 atom stereocenters. The Morgan fingerprint density at radius 1 is 1.25 bits per heavy atom. The first-order chi connectivity index (χ1) is 11.5. The van der Waals surface area contributed by atoms with E-state index >= 15 is 0 Å². The minimum absolute atomic E-state index is 0.237. The van der Waals surface area contributed by atoms with E-state index < -0.39 is 11.9 Å². The minimum Gasteiger partial charge on any atom is -0.366 e. The zero-order valence-electron chi connectivity index (χ0n) is 13.2. The highest BCUT2D eigenvalue weighted by atomic mass is 19.4. The van der Waals surface area contributed by atoms with Crippen molar-refractivity contribution in [1.29, 1.82) is 0 Å². The Hall–Kier alpha value is -1.83. The van der Waals surface area contributed by atoms with E-state index in [9.17, 15) is 13.2 Å². The lowest BCUT2D eigenvalue weighted by molar-refractivity contribution is -0.141. The summed E-state index contributed by atoms with van der Waals surface area (Å²) < 4.78 is 39.8. The molecule has 5 nitrogen and oxygen atoms in total. The second kappa shape index (κ2) is 5.61. The summed E-state index contributed by atoms with van der Waals surface area (Å²) >= 11 is 0. The summed E-state index contributed by atoms with van der Waals surface area (Å²) in [6.07, 6.45) is 5.11. The van der Waals surface area contributed by atoms with Gasteiger partial charge in [0.15, 0.2) is 11.5 Å². The summed E-state index contributed by atoms with van der Waals surface area (Å²) in [7, 11) is 0. The van der Waals surface area contributed by atoms with Gasteiger partial charge in [0.25, 0.3) is 0 Å². The molecule has 1 saturated carbocycles. The topological polar surface area (TPSA) is 54.2 Å². The van der Waals surface area contributed by atoms with Crippen LogP contribution in [0.15, 0.2) is 18.5 Å². The fraction of sp³-hybridized carbons (Fsp3) is 0.625. The van der Waals surface area contributed by atoms with E-state index in [1.165, 1.54) is 29.8 Å². The van der Waals surface area contributed by atoms with E-state index in [1.54, 1.807) is 0 Å². The molecule has 24 heavy (non-hydrogen) atoms. The molecule has 2 aliphatic rings. The number of nitrogens with zero attached hydrogens (tertiary/aromatic N) is 3. The molecule has 130 valence electrons. The summed E-state index contributed by atoms with van der Waals surface area (Å²) in [6.45, 7) is 1.09. The molecule has 0 aromatic carbocycles. The van der Waals surface area contributed by atoms with E-state index in [1.807, 2.05) is 0 Å². The predicted molar refractivity (Wildman–Crippen MR) is 83.8 cm³/mol. The number of fused-ring (bicyclic) bond motifs is 1. The first kappa shape index (κ1) is 15.7. The second-order valence-electron chi connectivity index (χ2n) is 6.86. The lowest BCUT2D eigenvalue weighted by Crippen LogP contribution is -2.45. The molecule has 1 aliphatic carbocycles. The quantitative estimate of drug-likeness (QED) is 0.882. The molecule has 2 fully saturated rings. The van der Waals surface area contributed by atoms with Crippen LogP contribution >= 0.6 is 0 Å². The predicted octanol–water partition coefficient (Wildman–Crippen LogP) is 3.22. The number of rotatable bonds is 2. The Labute approximate surface area is 137 Å². The largest absolute Gasteiger partial charge is 0.435 e. The van der Waals surface area contributed by atoms with Gasteiger partial charge in [0.1, 0.15) is 5.52 Å². The van der Waals surface area contributed by atoms with Gasteiger partial charge >= 0.3 is 6.18 Å². The van der Waals surface area contributed by atoms with Crippen LogP contribution in [0, 0.1) is 0 Å². The first-order valence-electron chi connectivity index (χ1n) is 8.38. The van der Waals surface area contributed by atoms with Crippen LogP contribution in [-0.2, 0) is 6.18 Å². The molecular formula is C16H20F3N5. The van der Waals surface area contributed by atoms with Crippen molar-refractivity contribution in [3.63, 3.8) is 0 Å². The van der Waals surface area contributed by atoms with Crippen molar-refractivity contribution in [2.45, 2.75) is 56.3 Å². The number of hydrogen-bond donors (Lipinski definition) is 2. The second-order valence-corrected chi connectivity index (χ2v) is 6.86. The zero-order chi connectivity index (χ0) is 16.8. The highest BCUT2D eigenvalue weighted by molar-refractivity contribution is 5.68. The summed E-state index contributed by atoms with van der Waals surface area (Å²) in [5.74, 6) is 0.473. The van der Waals surface area contributed by atoms with E-state index in [0.29, 0.717) is 11.3 Å². The molecule has 3 heterocycles. The van der Waals surface area contributed by atoms with Crippen molar-refractivity contribution in [2.75, 3.05) is 11.9 Å². The molecule has 4 rings (SSSR count). The molecule has 0 unspecified atom stereocenters. The fourth-order valence-electron chi connectivity index (χ4n) is 3.98. The Balaban J connectivity index is 1.51. The normalized spacial score (nSPS) is 27.9. The Kier molecular flexibility index (Phi) is 3.67. The monoisotopic (exact) mass is 339 g/mol. The number of halogens is 3. The van der Waals surface area contributed by atoms with Crippen LogP contribution in [0.25, 0.3) is 5.52 Å². The molecule has 1 aliphatic heterocycles. The van der Waals surface area contributed by atoms with Gasteiger partial charge in [0.05, 0.1) is 0 Å². The van der Waals surface area contributed by atoms with Crippen LogP contribution < -0.4 is 10.6 Å². The number of hydrogen-bond acceptors (Lipinski definition) is 4. The van der Waals surface area contributed by atoms with Gasteiger partial charge < -0.3 is 10.6 Å². The number of alkyl halides is 3. The zero-order valence-corrected chi connectivity index (χ0v) is 13.2. The van der Waals surface area contributed by atoms with Crippen LogP contribution in [0.3, 0.4) is 0 Å². The third kappa shape index (κ3) is 2.83. The van der Waals surface area contributed by atoms with E-state index in [0.717, 1.165) is 38.3 Å². The molecule has 8 heteroatoms. The molecule has 0 bridgehead atoms. The Morgan fingerprint density at radius 3 is 2.71 bits per heavy atom. The fourth-order valence-corrected chi connectivity index (χ4v) is 3.98. The molecule has 2 N–H and O–H groups in total. The molecule has 0 amide bonds. The van der Waals surface area contributed by atoms with Gasteiger partial charge in [0, 0.05) is 30.0 Å². The van der Waals surface area contributed by atoms with Gasteiger partial charge in [-0.1, -0.05) is 0 Å². The van der Waals surface area contributed by atoms with E-state index in [4.69, 9.17) is 0 Å². The molecular weight excluding hydrogens is 319 g/mol. The SMILES string of the molecule is FC(F)(F)c1cc2c(NC3CCC4(CCCN4)CC3)nccn2n1. The smallest absolute Gasteiger partial charge is 0.366 e. The van der Waals surface area contributed by atoms with Crippen molar-refractivity contribution >= 4 is 11.3 Å². The third-order valence-electron chi connectivity index (χ3n) is 5.30. The first-order valence-corrected chi connectivity index (χ1v) is 8.38. The maximum Gasteiger partial charge on any atom is 0.435 e. The van der Waals surface area contributed by atoms with Crippen molar-refractivity contribution < 1.29 is 13.2 Å². The Morgan fingerprint density at radius 2 is 2.04 bits per heavy atom. The van der Waals surface area contributed by atoms with Crippen LogP contribution in [0.2, 0.25) is 0 Å². The molecule has 1 spiro atoms. The Bertz CT molecular complexity index is 723. The lowest BCUT2D eigenvalue weighted by Gasteiger charge is -2.38.